The Bertz CT molecular complexity index is 338. The first kappa shape index (κ1) is 15.9. The molecule has 1 aromatic rings. The van der Waals surface area contributed by atoms with Crippen LogP contribution in [0.4, 0.5) is 0 Å². The molecule has 0 spiro atoms. The van der Waals surface area contributed by atoms with Crippen LogP contribution in [0, 0.1) is 0 Å². The van der Waals surface area contributed by atoms with Crippen LogP contribution in [0.3, 0.4) is 0 Å². The Morgan fingerprint density at radius 3 is 1.95 bits per heavy atom. The first-order valence-electron chi connectivity index (χ1n) is 7.72. The highest BCUT2D eigenvalue weighted by Crippen LogP contribution is 2.10. The van der Waals surface area contributed by atoms with Gasteiger partial charge >= 0.3 is 0 Å². The van der Waals surface area contributed by atoms with Crippen molar-refractivity contribution in [3.8, 4) is 6.01 Å². The van der Waals surface area contributed by atoms with Crippen LogP contribution in [0.15, 0.2) is 0 Å². The van der Waals surface area contributed by atoms with Gasteiger partial charge in [0.1, 0.15) is 7.05 Å². The molecule has 1 aromatic heterocycles. The van der Waals surface area contributed by atoms with Crippen molar-refractivity contribution in [3.63, 3.8) is 0 Å². The number of tetrazole rings is 1. The van der Waals surface area contributed by atoms with Crippen LogP contribution in [0.2, 0.25) is 0 Å². The lowest BCUT2D eigenvalue weighted by atomic mass is 10.1. The average molecular weight is 268 g/mol. The summed E-state index contributed by atoms with van der Waals surface area (Å²) in [5, 5.41) is 19.0. The van der Waals surface area contributed by atoms with Gasteiger partial charge in [0, 0.05) is 0 Å². The Labute approximate surface area is 116 Å². The van der Waals surface area contributed by atoms with Gasteiger partial charge in [-0.05, 0) is 11.2 Å². The molecule has 0 radical (unpaired) electrons. The van der Waals surface area contributed by atoms with Crippen LogP contribution in [0.25, 0.3) is 0 Å². The summed E-state index contributed by atoms with van der Waals surface area (Å²) in [6.07, 6.45) is 13.0. The van der Waals surface area contributed by atoms with Crippen molar-refractivity contribution in [3.05, 3.63) is 0 Å². The monoisotopic (exact) mass is 268 g/mol. The summed E-state index contributed by atoms with van der Waals surface area (Å²) in [6, 6.07) is -0.238. The van der Waals surface area contributed by atoms with E-state index < -0.39 is 0 Å². The highest BCUT2D eigenvalue weighted by Gasteiger charge is 2.06. The molecule has 0 bridgehead atoms. The predicted octanol–water partition coefficient (Wildman–Crippen LogP) is 2.10. The summed E-state index contributed by atoms with van der Waals surface area (Å²) >= 11 is 0. The van der Waals surface area contributed by atoms with Crippen molar-refractivity contribution in [1.82, 2.24) is 15.1 Å². The molecule has 5 nitrogen and oxygen atoms in total. The molecule has 1 rings (SSSR count). The maximum atomic E-state index is 11.3. The topological polar surface area (TPSA) is 57.7 Å². The summed E-state index contributed by atoms with van der Waals surface area (Å²) < 4.78 is 1.45. The quantitative estimate of drug-likeness (QED) is 0.456. The molecule has 19 heavy (non-hydrogen) atoms. The molecule has 110 valence electrons. The van der Waals surface area contributed by atoms with E-state index in [1.54, 1.807) is 7.05 Å². The van der Waals surface area contributed by atoms with Crippen molar-refractivity contribution in [2.75, 3.05) is 0 Å². The number of unbranched alkanes of at least 4 members (excludes halogenated alkanes) is 9. The van der Waals surface area contributed by atoms with Gasteiger partial charge in [0.2, 0.25) is 0 Å². The Kier molecular flexibility index (Phi) is 8.18. The van der Waals surface area contributed by atoms with Crippen LogP contribution >= 0.6 is 0 Å². The largest absolute Gasteiger partial charge is 0.816 e. The molecule has 0 N–H and O–H groups in total. The normalized spacial score (nSPS) is 11.1. The molecule has 0 amide bonds. The van der Waals surface area contributed by atoms with E-state index in [4.69, 9.17) is 0 Å². The summed E-state index contributed by atoms with van der Waals surface area (Å²) in [7, 11) is 1.68. The number of hydrogen-bond acceptors (Lipinski definition) is 3. The zero-order valence-corrected chi connectivity index (χ0v) is 12.5. The fourth-order valence-corrected chi connectivity index (χ4v) is 2.28. The van der Waals surface area contributed by atoms with E-state index in [0.717, 1.165) is 6.42 Å². The third kappa shape index (κ3) is 7.13. The maximum Gasteiger partial charge on any atom is 0.266 e. The SMILES string of the molecule is CCCCCCCCCCCC[n+]1nn(C)nc1[O-]. The third-order valence-electron chi connectivity index (χ3n) is 3.41. The zero-order valence-electron chi connectivity index (χ0n) is 12.5. The number of hydrogen-bond donors (Lipinski definition) is 0. The summed E-state index contributed by atoms with van der Waals surface area (Å²) in [5.41, 5.74) is 0. The van der Waals surface area contributed by atoms with Gasteiger partial charge in [0.25, 0.3) is 6.01 Å². The Morgan fingerprint density at radius 2 is 1.47 bits per heavy atom. The van der Waals surface area contributed by atoms with Crippen LogP contribution in [0.1, 0.15) is 71.1 Å². The minimum Gasteiger partial charge on any atom is -0.816 e. The second kappa shape index (κ2) is 9.75. The molecule has 0 saturated heterocycles. The minimum atomic E-state index is -0.238. The van der Waals surface area contributed by atoms with E-state index >= 15 is 0 Å². The molecule has 0 aliphatic carbocycles. The Hall–Kier alpha value is -1.13. The van der Waals surface area contributed by atoms with Crippen molar-refractivity contribution in [1.29, 1.82) is 0 Å². The average Bonchev–Trinajstić information content (AvgIpc) is 2.70. The molecular formula is C14H28N4O. The second-order valence-corrected chi connectivity index (χ2v) is 5.27. The molecule has 5 heteroatoms. The molecule has 1 heterocycles. The zero-order chi connectivity index (χ0) is 13.9. The van der Waals surface area contributed by atoms with Crippen LogP contribution in [-0.4, -0.2) is 15.1 Å². The molecule has 0 aliphatic rings. The fraction of sp³-hybridized carbons (Fsp3) is 0.929. The van der Waals surface area contributed by atoms with Crippen LogP contribution in [-0.2, 0) is 13.6 Å². The van der Waals surface area contributed by atoms with E-state index in [0.29, 0.717) is 6.54 Å². The van der Waals surface area contributed by atoms with Gasteiger partial charge < -0.3 is 5.11 Å². The first-order chi connectivity index (χ1) is 9.24. The van der Waals surface area contributed by atoms with E-state index in [2.05, 4.69) is 17.2 Å². The number of rotatable bonds is 11. The van der Waals surface area contributed by atoms with Crippen LogP contribution in [0.5, 0.6) is 6.01 Å². The van der Waals surface area contributed by atoms with Crippen molar-refractivity contribution in [2.24, 2.45) is 7.05 Å². The lowest BCUT2D eigenvalue weighted by molar-refractivity contribution is -0.787. The number of aromatic nitrogens is 4. The van der Waals surface area contributed by atoms with Gasteiger partial charge in [-0.2, -0.15) is 0 Å². The summed E-state index contributed by atoms with van der Waals surface area (Å²) in [6.45, 7) is 2.95. The molecule has 0 atom stereocenters. The van der Waals surface area contributed by atoms with Gasteiger partial charge in [-0.25, -0.2) is 0 Å². The van der Waals surface area contributed by atoms with Gasteiger partial charge in [-0.15, -0.1) is 4.68 Å². The molecule has 0 aromatic carbocycles. The standard InChI is InChI=1S/C14H28N4O/c1-3-4-5-6-7-8-9-10-11-12-13-18-14(19)15-17(2)16-18/h3-13H2,1-2H3. The molecule has 0 saturated carbocycles. The third-order valence-corrected chi connectivity index (χ3v) is 3.41. The van der Waals surface area contributed by atoms with E-state index in [1.807, 2.05) is 0 Å². The molecular weight excluding hydrogens is 240 g/mol. The fourth-order valence-electron chi connectivity index (χ4n) is 2.28. The smallest absolute Gasteiger partial charge is 0.266 e. The summed E-state index contributed by atoms with van der Waals surface area (Å²) in [5.74, 6) is 0. The van der Waals surface area contributed by atoms with Crippen molar-refractivity contribution in [2.45, 2.75) is 77.7 Å². The lowest BCUT2D eigenvalue weighted by Crippen LogP contribution is -2.39. The Morgan fingerprint density at radius 1 is 0.947 bits per heavy atom. The molecule has 0 fully saturated rings. The predicted molar refractivity (Wildman–Crippen MR) is 72.5 cm³/mol. The molecule has 0 unspecified atom stereocenters. The second-order valence-electron chi connectivity index (χ2n) is 5.27. The Balaban J connectivity index is 1.90. The van der Waals surface area contributed by atoms with E-state index in [9.17, 15) is 5.11 Å². The highest BCUT2D eigenvalue weighted by atomic mass is 16.3. The minimum absolute atomic E-state index is 0.238. The van der Waals surface area contributed by atoms with Crippen molar-refractivity contribution < 1.29 is 9.79 Å². The first-order valence-corrected chi connectivity index (χ1v) is 7.72. The maximum absolute atomic E-state index is 11.3. The van der Waals surface area contributed by atoms with Crippen LogP contribution < -0.4 is 9.79 Å². The highest BCUT2D eigenvalue weighted by molar-refractivity contribution is 4.62. The molecule has 0 aliphatic heterocycles. The number of nitrogens with zero attached hydrogens (tertiary/aromatic N) is 4. The van der Waals surface area contributed by atoms with E-state index in [1.165, 1.54) is 67.3 Å². The summed E-state index contributed by atoms with van der Waals surface area (Å²) in [4.78, 5) is 1.33. The lowest BCUT2D eigenvalue weighted by Gasteiger charge is -2.02. The van der Waals surface area contributed by atoms with Gasteiger partial charge in [0.05, 0.1) is 16.9 Å². The van der Waals surface area contributed by atoms with Gasteiger partial charge in [-0.3, -0.25) is 0 Å². The van der Waals surface area contributed by atoms with E-state index in [-0.39, 0.29) is 6.01 Å². The van der Waals surface area contributed by atoms with Gasteiger partial charge in [-0.1, -0.05) is 64.7 Å². The van der Waals surface area contributed by atoms with Crippen molar-refractivity contribution >= 4 is 0 Å². The van der Waals surface area contributed by atoms with Gasteiger partial charge in [0.15, 0.2) is 0 Å². The number of aryl methyl sites for hydroxylation is 2.